The van der Waals surface area contributed by atoms with Gasteiger partial charge in [-0.2, -0.15) is 0 Å². The Bertz CT molecular complexity index is 527. The Balaban J connectivity index is 2.04. The van der Waals surface area contributed by atoms with Gasteiger partial charge in [0.2, 0.25) is 0 Å². The summed E-state index contributed by atoms with van der Waals surface area (Å²) in [4.78, 5) is 11.2. The Labute approximate surface area is 134 Å². The van der Waals surface area contributed by atoms with E-state index in [9.17, 15) is 4.79 Å². The van der Waals surface area contributed by atoms with Crippen LogP contribution >= 0.6 is 0 Å². The third kappa shape index (κ3) is 3.05. The van der Waals surface area contributed by atoms with Crippen LogP contribution in [0, 0.1) is 5.41 Å². The van der Waals surface area contributed by atoms with E-state index < -0.39 is 0 Å². The Hall–Kier alpha value is -1.35. The van der Waals surface area contributed by atoms with Crippen molar-refractivity contribution >= 4 is 5.97 Å². The minimum Gasteiger partial charge on any atom is -0.463 e. The van der Waals surface area contributed by atoms with E-state index in [2.05, 4.69) is 32.9 Å². The first kappa shape index (κ1) is 17.0. The zero-order chi connectivity index (χ0) is 16.4. The zero-order valence-electron chi connectivity index (χ0n) is 14.4. The molecule has 122 valence electrons. The number of rotatable bonds is 5. The van der Waals surface area contributed by atoms with E-state index in [1.165, 1.54) is 18.9 Å². The number of carbonyl (C=O) groups is 1. The molecule has 2 aliphatic rings. The van der Waals surface area contributed by atoms with E-state index in [-0.39, 0.29) is 22.6 Å². The summed E-state index contributed by atoms with van der Waals surface area (Å²) in [5, 5.41) is 0. The van der Waals surface area contributed by atoms with Gasteiger partial charge in [-0.1, -0.05) is 37.6 Å². The second kappa shape index (κ2) is 6.04. The number of hydrogen-bond donors (Lipinski definition) is 0. The highest BCUT2D eigenvalue weighted by Gasteiger charge is 2.73. The quantitative estimate of drug-likeness (QED) is 0.328. The minimum atomic E-state index is -0.305. The number of carbonyl (C=O) groups excluding carboxylic acids is 1. The average molecular weight is 304 g/mol. The lowest BCUT2D eigenvalue weighted by atomic mass is 9.64. The largest absolute Gasteiger partial charge is 0.463 e. The summed E-state index contributed by atoms with van der Waals surface area (Å²) in [5.74, 6) is -0.305. The van der Waals surface area contributed by atoms with Crippen molar-refractivity contribution in [3.05, 3.63) is 36.0 Å². The molecule has 1 aliphatic carbocycles. The van der Waals surface area contributed by atoms with Crippen molar-refractivity contribution in [3.63, 3.8) is 0 Å². The smallest absolute Gasteiger partial charge is 0.330 e. The molecule has 1 heterocycles. The Morgan fingerprint density at radius 2 is 1.95 bits per heavy atom. The fourth-order valence-electron chi connectivity index (χ4n) is 3.68. The van der Waals surface area contributed by atoms with Crippen molar-refractivity contribution in [3.8, 4) is 0 Å². The van der Waals surface area contributed by atoms with Crippen molar-refractivity contribution < 1.29 is 14.3 Å². The lowest BCUT2D eigenvalue weighted by Gasteiger charge is -2.36. The molecule has 2 unspecified atom stereocenters. The molecular formula is C19H28O3. The molecule has 2 fully saturated rings. The first-order chi connectivity index (χ1) is 10.3. The van der Waals surface area contributed by atoms with Gasteiger partial charge in [0.15, 0.2) is 0 Å². The van der Waals surface area contributed by atoms with Crippen molar-refractivity contribution in [2.24, 2.45) is 5.41 Å². The van der Waals surface area contributed by atoms with Gasteiger partial charge in [-0.25, -0.2) is 4.79 Å². The summed E-state index contributed by atoms with van der Waals surface area (Å²) in [5.41, 5.74) is 1.11. The number of epoxide rings is 1. The lowest BCUT2D eigenvalue weighted by molar-refractivity contribution is -0.137. The normalized spacial score (nSPS) is 34.0. The molecule has 1 saturated carbocycles. The molecular weight excluding hydrogens is 276 g/mol. The van der Waals surface area contributed by atoms with Crippen LogP contribution in [0.1, 0.15) is 53.9 Å². The monoisotopic (exact) mass is 304 g/mol. The van der Waals surface area contributed by atoms with Gasteiger partial charge in [-0.05, 0) is 46.1 Å². The van der Waals surface area contributed by atoms with Crippen molar-refractivity contribution in [1.29, 1.82) is 0 Å². The molecule has 0 N–H and O–H groups in total. The van der Waals surface area contributed by atoms with Gasteiger partial charge in [0.25, 0.3) is 0 Å². The van der Waals surface area contributed by atoms with Gasteiger partial charge in [0.05, 0.1) is 12.2 Å². The van der Waals surface area contributed by atoms with Gasteiger partial charge in [-0.3, -0.25) is 0 Å². The summed E-state index contributed by atoms with van der Waals surface area (Å²) < 4.78 is 11.0. The topological polar surface area (TPSA) is 38.8 Å². The molecule has 3 nitrogen and oxygen atoms in total. The summed E-state index contributed by atoms with van der Waals surface area (Å²) >= 11 is 0. The van der Waals surface area contributed by atoms with Crippen LogP contribution < -0.4 is 0 Å². The summed E-state index contributed by atoms with van der Waals surface area (Å²) in [6, 6.07) is 0. The first-order valence-corrected chi connectivity index (χ1v) is 8.17. The Morgan fingerprint density at radius 1 is 1.23 bits per heavy atom. The minimum absolute atomic E-state index is 0.00764. The summed E-state index contributed by atoms with van der Waals surface area (Å²) in [7, 11) is 0. The van der Waals surface area contributed by atoms with Gasteiger partial charge in [0, 0.05) is 11.5 Å². The molecule has 1 saturated heterocycles. The summed E-state index contributed by atoms with van der Waals surface area (Å²) in [6.45, 7) is 11.0. The molecule has 1 aliphatic heterocycles. The van der Waals surface area contributed by atoms with Crippen molar-refractivity contribution in [2.45, 2.75) is 65.1 Å². The van der Waals surface area contributed by atoms with Crippen molar-refractivity contribution in [2.75, 3.05) is 6.61 Å². The molecule has 0 aromatic carbocycles. The highest BCUT2D eigenvalue weighted by atomic mass is 16.6. The molecule has 3 heteroatoms. The molecule has 0 aromatic rings. The first-order valence-electron chi connectivity index (χ1n) is 8.17. The second-order valence-corrected chi connectivity index (χ2v) is 7.16. The van der Waals surface area contributed by atoms with Crippen LogP contribution in [0.5, 0.6) is 0 Å². The molecule has 2 rings (SSSR count). The molecule has 22 heavy (non-hydrogen) atoms. The van der Waals surface area contributed by atoms with Crippen LogP contribution in [0.15, 0.2) is 36.0 Å². The lowest BCUT2D eigenvalue weighted by Crippen LogP contribution is -2.41. The predicted octanol–water partition coefficient (Wildman–Crippen LogP) is 4.35. The van der Waals surface area contributed by atoms with E-state index in [0.717, 1.165) is 12.0 Å². The highest BCUT2D eigenvalue weighted by molar-refractivity contribution is 5.82. The van der Waals surface area contributed by atoms with Crippen LogP contribution in [-0.2, 0) is 14.3 Å². The average Bonchev–Trinajstić information content (AvgIpc) is 3.05. The van der Waals surface area contributed by atoms with Crippen LogP contribution in [0.25, 0.3) is 0 Å². The fourth-order valence-corrected chi connectivity index (χ4v) is 3.68. The second-order valence-electron chi connectivity index (χ2n) is 7.16. The maximum atomic E-state index is 11.2. The van der Waals surface area contributed by atoms with Crippen molar-refractivity contribution in [1.82, 2.24) is 0 Å². The summed E-state index contributed by atoms with van der Waals surface area (Å²) in [6.07, 6.45) is 13.0. The van der Waals surface area contributed by atoms with Gasteiger partial charge in [-0.15, -0.1) is 0 Å². The van der Waals surface area contributed by atoms with Gasteiger partial charge in [0.1, 0.15) is 5.60 Å². The third-order valence-electron chi connectivity index (χ3n) is 5.05. The molecule has 0 bridgehead atoms. The maximum Gasteiger partial charge on any atom is 0.330 e. The molecule has 0 radical (unpaired) electrons. The van der Waals surface area contributed by atoms with E-state index >= 15 is 0 Å². The van der Waals surface area contributed by atoms with E-state index in [1.54, 1.807) is 13.0 Å². The van der Waals surface area contributed by atoms with E-state index in [4.69, 9.17) is 9.47 Å². The predicted molar refractivity (Wildman–Crippen MR) is 88.5 cm³/mol. The van der Waals surface area contributed by atoms with E-state index in [0.29, 0.717) is 6.61 Å². The highest BCUT2D eigenvalue weighted by Crippen LogP contribution is 2.66. The van der Waals surface area contributed by atoms with Gasteiger partial charge < -0.3 is 9.47 Å². The number of hydrogen-bond acceptors (Lipinski definition) is 3. The molecule has 0 spiro atoms. The number of esters is 1. The van der Waals surface area contributed by atoms with Gasteiger partial charge >= 0.3 is 5.97 Å². The fraction of sp³-hybridized carbons (Fsp3) is 0.632. The molecule has 0 aromatic heterocycles. The van der Waals surface area contributed by atoms with Crippen LogP contribution in [0.3, 0.4) is 0 Å². The maximum absolute atomic E-state index is 11.2. The SMILES string of the molecule is CCOC(=O)/C=C/C=C(C)/C=C/C12OC1(C)CCCC2(C)C. The van der Waals surface area contributed by atoms with Crippen LogP contribution in [0.2, 0.25) is 0 Å². The van der Waals surface area contributed by atoms with E-state index in [1.807, 2.05) is 13.0 Å². The number of fused-ring (bicyclic) bond motifs is 1. The molecule has 2 atom stereocenters. The zero-order valence-corrected chi connectivity index (χ0v) is 14.4. The van der Waals surface area contributed by atoms with Crippen LogP contribution in [-0.4, -0.2) is 23.8 Å². The third-order valence-corrected chi connectivity index (χ3v) is 5.05. The number of allylic oxidation sites excluding steroid dienone is 4. The van der Waals surface area contributed by atoms with Crippen LogP contribution in [0.4, 0.5) is 0 Å². The number of ether oxygens (including phenoxy) is 2. The standard InChI is InChI=1S/C19H28O3/c1-6-21-16(20)10-7-9-15(2)11-14-19-17(3,4)12-8-13-18(19,5)22-19/h7,9-11,14H,6,8,12-13H2,1-5H3/b10-7+,14-11+,15-9+. The Kier molecular flexibility index (Phi) is 4.67. The molecule has 0 amide bonds. The Morgan fingerprint density at radius 3 is 2.59 bits per heavy atom.